The van der Waals surface area contributed by atoms with Gasteiger partial charge in [0.25, 0.3) is 0 Å². The number of nitrogens with one attached hydrogen (secondary N) is 2. The summed E-state index contributed by atoms with van der Waals surface area (Å²) in [5, 5.41) is 20.4. The molecule has 1 aromatic heterocycles. The van der Waals surface area contributed by atoms with E-state index in [4.69, 9.17) is 0 Å². The normalized spacial score (nSPS) is 20.0. The smallest absolute Gasteiger partial charge is 0.229 e. The topological polar surface area (TPSA) is 98.3 Å². The van der Waals surface area contributed by atoms with E-state index in [2.05, 4.69) is 15.5 Å². The number of amides is 2. The molecule has 7 heteroatoms. The quantitative estimate of drug-likeness (QED) is 0.738. The zero-order valence-corrected chi connectivity index (χ0v) is 14.5. The van der Waals surface area contributed by atoms with E-state index in [0.717, 1.165) is 17.3 Å². The number of aromatic amines is 1. The average Bonchev–Trinajstić information content (AvgIpc) is 3.22. The first-order valence-corrected chi connectivity index (χ1v) is 8.69. The van der Waals surface area contributed by atoms with E-state index in [0.29, 0.717) is 12.4 Å². The Kier molecular flexibility index (Phi) is 5.03. The number of benzene rings is 1. The van der Waals surface area contributed by atoms with Crippen LogP contribution in [0.25, 0.3) is 10.9 Å². The predicted octanol–water partition coefficient (Wildman–Crippen LogP) is 1.44. The minimum Gasteiger partial charge on any atom is -0.394 e. The van der Waals surface area contributed by atoms with Crippen LogP contribution in [-0.4, -0.2) is 46.3 Å². The molecule has 0 unspecified atom stereocenters. The molecule has 0 bridgehead atoms. The molecular weight excluding hydrogens is 320 g/mol. The van der Waals surface area contributed by atoms with Crippen LogP contribution in [0.3, 0.4) is 0 Å². The highest BCUT2D eigenvalue weighted by atomic mass is 16.3. The van der Waals surface area contributed by atoms with Crippen molar-refractivity contribution in [1.82, 2.24) is 15.5 Å². The summed E-state index contributed by atoms with van der Waals surface area (Å²) in [7, 11) is 0. The summed E-state index contributed by atoms with van der Waals surface area (Å²) < 4.78 is 0. The fraction of sp³-hybridized carbons (Fsp3) is 0.500. The maximum absolute atomic E-state index is 12.5. The first-order valence-electron chi connectivity index (χ1n) is 8.69. The maximum Gasteiger partial charge on any atom is 0.229 e. The highest BCUT2D eigenvalue weighted by Gasteiger charge is 2.37. The Bertz CT molecular complexity index is 773. The van der Waals surface area contributed by atoms with Crippen molar-refractivity contribution in [2.45, 2.75) is 32.7 Å². The molecule has 1 aliphatic rings. The Labute approximate surface area is 146 Å². The average molecular weight is 344 g/mol. The summed E-state index contributed by atoms with van der Waals surface area (Å²) in [6.45, 7) is 4.21. The van der Waals surface area contributed by atoms with Crippen LogP contribution in [0, 0.1) is 11.8 Å². The van der Waals surface area contributed by atoms with Gasteiger partial charge in [0.05, 0.1) is 24.1 Å². The van der Waals surface area contributed by atoms with Crippen molar-refractivity contribution in [3.05, 3.63) is 24.3 Å². The van der Waals surface area contributed by atoms with Crippen LogP contribution in [0.2, 0.25) is 0 Å². The van der Waals surface area contributed by atoms with Crippen molar-refractivity contribution < 1.29 is 14.7 Å². The van der Waals surface area contributed by atoms with Gasteiger partial charge in [0.15, 0.2) is 5.82 Å². The second kappa shape index (κ2) is 7.23. The van der Waals surface area contributed by atoms with E-state index in [1.54, 1.807) is 4.90 Å². The van der Waals surface area contributed by atoms with E-state index in [-0.39, 0.29) is 36.8 Å². The molecule has 3 atom stereocenters. The molecule has 7 nitrogen and oxygen atoms in total. The minimum absolute atomic E-state index is 0.102. The lowest BCUT2D eigenvalue weighted by Crippen LogP contribution is -2.45. The molecule has 3 rings (SSSR count). The maximum atomic E-state index is 12.5. The predicted molar refractivity (Wildman–Crippen MR) is 95.0 cm³/mol. The largest absolute Gasteiger partial charge is 0.394 e. The molecule has 2 heterocycles. The molecule has 3 N–H and O–H groups in total. The van der Waals surface area contributed by atoms with Gasteiger partial charge in [0, 0.05) is 18.4 Å². The molecule has 0 aliphatic carbocycles. The zero-order chi connectivity index (χ0) is 18.0. The number of fused-ring (bicyclic) bond motifs is 1. The van der Waals surface area contributed by atoms with Gasteiger partial charge in [-0.25, -0.2) is 0 Å². The molecule has 2 amide bonds. The van der Waals surface area contributed by atoms with Crippen LogP contribution >= 0.6 is 0 Å². The number of aliphatic hydroxyl groups excluding tert-OH is 1. The fourth-order valence-corrected chi connectivity index (χ4v) is 3.20. The third-order valence-corrected chi connectivity index (χ3v) is 5.06. The number of aliphatic hydroxyl groups is 1. The monoisotopic (exact) mass is 344 g/mol. The molecule has 0 radical (unpaired) electrons. The summed E-state index contributed by atoms with van der Waals surface area (Å²) in [5.41, 5.74) is 0.857. The van der Waals surface area contributed by atoms with Gasteiger partial charge in [-0.1, -0.05) is 32.4 Å². The van der Waals surface area contributed by atoms with E-state index >= 15 is 0 Å². The summed E-state index contributed by atoms with van der Waals surface area (Å²) >= 11 is 0. The standard InChI is InChI=1S/C18H24N4O3/c1-3-11(2)15(10-23)19-18(25)12-8-16(24)22(9-12)17-13-6-4-5-7-14(13)20-21-17/h4-7,11-12,15,23H,3,8-10H2,1-2H3,(H,19,25)(H,20,21)/t11-,12+,15-/m1/s1. The Hall–Kier alpha value is -2.41. The highest BCUT2D eigenvalue weighted by Crippen LogP contribution is 2.29. The SMILES string of the molecule is CC[C@@H](C)[C@@H](CO)NC(=O)[C@H]1CC(=O)N(c2n[nH]c3ccccc23)C1. The number of aromatic nitrogens is 2. The summed E-state index contributed by atoms with van der Waals surface area (Å²) in [5.74, 6) is 0.0200. The molecule has 1 aliphatic heterocycles. The molecule has 1 fully saturated rings. The number of hydrogen-bond donors (Lipinski definition) is 3. The van der Waals surface area contributed by atoms with Crippen molar-refractivity contribution in [1.29, 1.82) is 0 Å². The van der Waals surface area contributed by atoms with E-state index in [9.17, 15) is 14.7 Å². The van der Waals surface area contributed by atoms with Crippen LogP contribution in [0.15, 0.2) is 24.3 Å². The van der Waals surface area contributed by atoms with Gasteiger partial charge in [0.1, 0.15) is 0 Å². The molecule has 1 saturated heterocycles. The zero-order valence-electron chi connectivity index (χ0n) is 14.5. The second-order valence-electron chi connectivity index (χ2n) is 6.68. The van der Waals surface area contributed by atoms with Crippen LogP contribution in [0.5, 0.6) is 0 Å². The first-order chi connectivity index (χ1) is 12.0. The van der Waals surface area contributed by atoms with Crippen LogP contribution in [-0.2, 0) is 9.59 Å². The Morgan fingerprint density at radius 3 is 2.96 bits per heavy atom. The van der Waals surface area contributed by atoms with Gasteiger partial charge in [-0.05, 0) is 18.1 Å². The number of anilines is 1. The number of carbonyl (C=O) groups is 2. The van der Waals surface area contributed by atoms with Crippen LogP contribution in [0.4, 0.5) is 5.82 Å². The molecule has 134 valence electrons. The van der Waals surface area contributed by atoms with Crippen molar-refractivity contribution in [3.8, 4) is 0 Å². The van der Waals surface area contributed by atoms with E-state index < -0.39 is 5.92 Å². The molecule has 2 aromatic rings. The number of carbonyl (C=O) groups excluding carboxylic acids is 2. The lowest BCUT2D eigenvalue weighted by atomic mass is 9.98. The molecular formula is C18H24N4O3. The number of nitrogens with zero attached hydrogens (tertiary/aromatic N) is 2. The number of H-pyrrole nitrogens is 1. The van der Waals surface area contributed by atoms with Crippen LogP contribution < -0.4 is 10.2 Å². The molecule has 0 spiro atoms. The molecule has 0 saturated carbocycles. The van der Waals surface area contributed by atoms with Crippen molar-refractivity contribution in [2.75, 3.05) is 18.1 Å². The summed E-state index contributed by atoms with van der Waals surface area (Å²) in [6, 6.07) is 7.31. The lowest BCUT2D eigenvalue weighted by molar-refractivity contribution is -0.127. The number of rotatable bonds is 6. The summed E-state index contributed by atoms with van der Waals surface area (Å²) in [6.07, 6.45) is 1.02. The van der Waals surface area contributed by atoms with Gasteiger partial charge in [-0.2, -0.15) is 5.10 Å². The highest BCUT2D eigenvalue weighted by molar-refractivity contribution is 6.05. The Morgan fingerprint density at radius 2 is 2.24 bits per heavy atom. The van der Waals surface area contributed by atoms with Gasteiger partial charge < -0.3 is 10.4 Å². The van der Waals surface area contributed by atoms with E-state index in [1.807, 2.05) is 38.1 Å². The summed E-state index contributed by atoms with van der Waals surface area (Å²) in [4.78, 5) is 26.5. The Balaban J connectivity index is 1.73. The Morgan fingerprint density at radius 1 is 1.48 bits per heavy atom. The van der Waals surface area contributed by atoms with E-state index in [1.165, 1.54) is 0 Å². The van der Waals surface area contributed by atoms with Crippen molar-refractivity contribution >= 4 is 28.5 Å². The number of para-hydroxylation sites is 1. The van der Waals surface area contributed by atoms with Gasteiger partial charge in [0.2, 0.25) is 11.8 Å². The van der Waals surface area contributed by atoms with Crippen molar-refractivity contribution in [2.24, 2.45) is 11.8 Å². The van der Waals surface area contributed by atoms with Crippen molar-refractivity contribution in [3.63, 3.8) is 0 Å². The fourth-order valence-electron chi connectivity index (χ4n) is 3.20. The second-order valence-corrected chi connectivity index (χ2v) is 6.68. The lowest BCUT2D eigenvalue weighted by Gasteiger charge is -2.23. The van der Waals surface area contributed by atoms with Gasteiger partial charge >= 0.3 is 0 Å². The molecule has 1 aromatic carbocycles. The van der Waals surface area contributed by atoms with Gasteiger partial charge in [-0.3, -0.25) is 19.6 Å². The van der Waals surface area contributed by atoms with Crippen LogP contribution in [0.1, 0.15) is 26.7 Å². The minimum atomic E-state index is -0.430. The van der Waals surface area contributed by atoms with Gasteiger partial charge in [-0.15, -0.1) is 0 Å². The third kappa shape index (κ3) is 3.37. The first kappa shape index (κ1) is 17.4. The molecule has 25 heavy (non-hydrogen) atoms. The third-order valence-electron chi connectivity index (χ3n) is 5.06. The number of hydrogen-bond acceptors (Lipinski definition) is 4.